The molecule has 0 saturated carbocycles. The number of ether oxygens (including phenoxy) is 1. The van der Waals surface area contributed by atoms with E-state index in [1.165, 1.54) is 0 Å². The van der Waals surface area contributed by atoms with Gasteiger partial charge >= 0.3 is 0 Å². The van der Waals surface area contributed by atoms with E-state index in [4.69, 9.17) is 16.3 Å². The van der Waals surface area contributed by atoms with Gasteiger partial charge in [0.05, 0.1) is 12.1 Å². The molecule has 1 aromatic carbocycles. The van der Waals surface area contributed by atoms with Crippen molar-refractivity contribution in [3.63, 3.8) is 0 Å². The summed E-state index contributed by atoms with van der Waals surface area (Å²) in [5.41, 5.74) is 0.975. The Morgan fingerprint density at radius 3 is 2.73 bits per heavy atom. The summed E-state index contributed by atoms with van der Waals surface area (Å²) >= 11 is 5.80. The van der Waals surface area contributed by atoms with Crippen LogP contribution >= 0.6 is 11.6 Å². The van der Waals surface area contributed by atoms with Crippen LogP contribution in [0, 0.1) is 0 Å². The van der Waals surface area contributed by atoms with Gasteiger partial charge in [-0.3, -0.25) is 4.98 Å². The van der Waals surface area contributed by atoms with E-state index in [1.54, 1.807) is 12.4 Å². The molecule has 0 spiro atoms. The minimum Gasteiger partial charge on any atom is -0.455 e. The van der Waals surface area contributed by atoms with E-state index in [2.05, 4.69) is 4.98 Å². The Labute approximate surface area is 93.5 Å². The summed E-state index contributed by atoms with van der Waals surface area (Å²) in [6.45, 7) is 0. The van der Waals surface area contributed by atoms with Crippen LogP contribution in [0.3, 0.4) is 0 Å². The fourth-order valence-corrected chi connectivity index (χ4v) is 1.47. The van der Waals surface area contributed by atoms with Crippen molar-refractivity contribution in [2.75, 3.05) is 0 Å². The average Bonchev–Trinajstić information content (AvgIpc) is 2.31. The highest BCUT2D eigenvalue weighted by Gasteiger charge is 2.02. The highest BCUT2D eigenvalue weighted by molar-refractivity contribution is 6.17. The first-order chi connectivity index (χ1) is 7.40. The van der Waals surface area contributed by atoms with Crippen LogP contribution in [0.2, 0.25) is 0 Å². The molecule has 2 aromatic rings. The fraction of sp³-hybridized carbons (Fsp3) is 0.0833. The second-order valence-electron chi connectivity index (χ2n) is 3.03. The molecule has 3 heteroatoms. The van der Waals surface area contributed by atoms with Gasteiger partial charge in [0.15, 0.2) is 0 Å². The molecule has 0 aliphatic heterocycles. The summed E-state index contributed by atoms with van der Waals surface area (Å²) in [4.78, 5) is 3.98. The first kappa shape index (κ1) is 9.99. The van der Waals surface area contributed by atoms with E-state index < -0.39 is 0 Å². The van der Waals surface area contributed by atoms with Crippen LogP contribution in [0.15, 0.2) is 48.8 Å². The van der Waals surface area contributed by atoms with Gasteiger partial charge in [0, 0.05) is 11.8 Å². The van der Waals surface area contributed by atoms with E-state index in [1.807, 2.05) is 36.4 Å². The molecule has 2 rings (SSSR count). The van der Waals surface area contributed by atoms with Gasteiger partial charge in [0.1, 0.15) is 11.5 Å². The van der Waals surface area contributed by atoms with Crippen molar-refractivity contribution in [2.24, 2.45) is 0 Å². The summed E-state index contributed by atoms with van der Waals surface area (Å²) < 4.78 is 5.65. The number of rotatable bonds is 3. The molecular formula is C12H10ClNO. The third-order valence-electron chi connectivity index (χ3n) is 1.98. The molecule has 2 nitrogen and oxygen atoms in total. The number of pyridine rings is 1. The van der Waals surface area contributed by atoms with Crippen LogP contribution in [0.25, 0.3) is 0 Å². The number of benzene rings is 1. The number of para-hydroxylation sites is 1. The summed E-state index contributed by atoms with van der Waals surface area (Å²) in [5.74, 6) is 1.94. The van der Waals surface area contributed by atoms with Gasteiger partial charge in [-0.25, -0.2) is 0 Å². The summed E-state index contributed by atoms with van der Waals surface area (Å²) in [7, 11) is 0. The number of aromatic nitrogens is 1. The number of halogens is 1. The molecule has 15 heavy (non-hydrogen) atoms. The molecule has 0 N–H and O–H groups in total. The highest BCUT2D eigenvalue weighted by Crippen LogP contribution is 2.25. The summed E-state index contributed by atoms with van der Waals surface area (Å²) in [6, 6.07) is 11.4. The van der Waals surface area contributed by atoms with Crippen molar-refractivity contribution in [3.05, 3.63) is 54.4 Å². The number of hydrogen-bond acceptors (Lipinski definition) is 2. The summed E-state index contributed by atoms with van der Waals surface area (Å²) in [6.07, 6.45) is 3.38. The minimum absolute atomic E-state index is 0.441. The van der Waals surface area contributed by atoms with Crippen LogP contribution in [0.1, 0.15) is 5.56 Å². The lowest BCUT2D eigenvalue weighted by atomic mass is 10.2. The van der Waals surface area contributed by atoms with E-state index in [-0.39, 0.29) is 0 Å². The largest absolute Gasteiger partial charge is 0.455 e. The molecule has 0 bridgehead atoms. The Bertz CT molecular complexity index is 431. The average molecular weight is 220 g/mol. The normalized spacial score (nSPS) is 9.93. The molecule has 0 radical (unpaired) electrons. The van der Waals surface area contributed by atoms with E-state index >= 15 is 0 Å². The Balaban J connectivity index is 2.24. The fourth-order valence-electron chi connectivity index (χ4n) is 1.25. The maximum absolute atomic E-state index is 5.80. The first-order valence-electron chi connectivity index (χ1n) is 4.62. The van der Waals surface area contributed by atoms with Gasteiger partial charge < -0.3 is 4.74 Å². The van der Waals surface area contributed by atoms with Gasteiger partial charge in [-0.1, -0.05) is 18.2 Å². The third-order valence-corrected chi connectivity index (χ3v) is 2.27. The molecule has 0 amide bonds. The van der Waals surface area contributed by atoms with E-state index in [0.717, 1.165) is 17.1 Å². The summed E-state index contributed by atoms with van der Waals surface area (Å²) in [5, 5.41) is 0. The SMILES string of the molecule is ClCc1ccccc1Oc1cccnc1. The lowest BCUT2D eigenvalue weighted by molar-refractivity contribution is 0.476. The molecule has 76 valence electrons. The zero-order valence-electron chi connectivity index (χ0n) is 8.06. The van der Waals surface area contributed by atoms with Crippen LogP contribution in [-0.2, 0) is 5.88 Å². The molecule has 0 aliphatic rings. The van der Waals surface area contributed by atoms with Gasteiger partial charge in [0.2, 0.25) is 0 Å². The van der Waals surface area contributed by atoms with Gasteiger partial charge in [0.25, 0.3) is 0 Å². The lowest BCUT2D eigenvalue weighted by Crippen LogP contribution is -1.89. The predicted molar refractivity (Wildman–Crippen MR) is 60.3 cm³/mol. The maximum atomic E-state index is 5.80. The van der Waals surface area contributed by atoms with Crippen LogP contribution in [0.4, 0.5) is 0 Å². The number of nitrogens with zero attached hydrogens (tertiary/aromatic N) is 1. The van der Waals surface area contributed by atoms with Crippen molar-refractivity contribution >= 4 is 11.6 Å². The topological polar surface area (TPSA) is 22.1 Å². The van der Waals surface area contributed by atoms with Crippen molar-refractivity contribution in [1.82, 2.24) is 4.98 Å². The standard InChI is InChI=1S/C12H10ClNO/c13-8-10-4-1-2-6-12(10)15-11-5-3-7-14-9-11/h1-7,9H,8H2. The van der Waals surface area contributed by atoms with Gasteiger partial charge in [-0.05, 0) is 18.2 Å². The third kappa shape index (κ3) is 2.48. The Kier molecular flexibility index (Phi) is 3.20. The first-order valence-corrected chi connectivity index (χ1v) is 5.15. The predicted octanol–water partition coefficient (Wildman–Crippen LogP) is 3.61. The van der Waals surface area contributed by atoms with Crippen LogP contribution in [-0.4, -0.2) is 4.98 Å². The Hall–Kier alpha value is -1.54. The molecule has 0 fully saturated rings. The van der Waals surface area contributed by atoms with Gasteiger partial charge in [-0.15, -0.1) is 11.6 Å². The highest BCUT2D eigenvalue weighted by atomic mass is 35.5. The van der Waals surface area contributed by atoms with Crippen molar-refractivity contribution < 1.29 is 4.74 Å². The zero-order chi connectivity index (χ0) is 10.5. The quantitative estimate of drug-likeness (QED) is 0.736. The maximum Gasteiger partial charge on any atom is 0.145 e. The lowest BCUT2D eigenvalue weighted by Gasteiger charge is -2.08. The van der Waals surface area contributed by atoms with Crippen molar-refractivity contribution in [1.29, 1.82) is 0 Å². The molecule has 0 atom stereocenters. The van der Waals surface area contributed by atoms with E-state index in [9.17, 15) is 0 Å². The number of hydrogen-bond donors (Lipinski definition) is 0. The second kappa shape index (κ2) is 4.80. The second-order valence-corrected chi connectivity index (χ2v) is 3.30. The van der Waals surface area contributed by atoms with Gasteiger partial charge in [-0.2, -0.15) is 0 Å². The Morgan fingerprint density at radius 1 is 1.13 bits per heavy atom. The molecule has 1 aromatic heterocycles. The minimum atomic E-state index is 0.441. The van der Waals surface area contributed by atoms with E-state index in [0.29, 0.717) is 5.88 Å². The smallest absolute Gasteiger partial charge is 0.145 e. The monoisotopic (exact) mass is 219 g/mol. The number of alkyl halides is 1. The molecule has 0 aliphatic carbocycles. The molecule has 1 heterocycles. The zero-order valence-corrected chi connectivity index (χ0v) is 8.82. The Morgan fingerprint density at radius 2 is 2.00 bits per heavy atom. The molecule has 0 unspecified atom stereocenters. The van der Waals surface area contributed by atoms with Crippen molar-refractivity contribution in [2.45, 2.75) is 5.88 Å². The molecule has 0 saturated heterocycles. The van der Waals surface area contributed by atoms with Crippen molar-refractivity contribution in [3.8, 4) is 11.5 Å². The van der Waals surface area contributed by atoms with Crippen LogP contribution in [0.5, 0.6) is 11.5 Å². The van der Waals surface area contributed by atoms with Crippen LogP contribution < -0.4 is 4.74 Å². The molecular weight excluding hydrogens is 210 g/mol.